The van der Waals surface area contributed by atoms with E-state index in [1.165, 1.54) is 19.1 Å². The van der Waals surface area contributed by atoms with Crippen molar-refractivity contribution < 1.29 is 18.3 Å². The Morgan fingerprint density at radius 1 is 1.39 bits per heavy atom. The fourth-order valence-corrected chi connectivity index (χ4v) is 2.52. The predicted octanol–water partition coefficient (Wildman–Crippen LogP) is 0.504. The number of nitrogens with zero attached hydrogens (tertiary/aromatic N) is 1. The zero-order valence-electron chi connectivity index (χ0n) is 10.4. The molecule has 0 saturated heterocycles. The standard InChI is InChI=1S/C11H16N2O4S/c1-8(11(14)15)12-18(16,17)10-6-4-5-9(7-10)13(2)3/h4-8,12H,1-3H3,(H,14,15)/t8-/m1/s1. The van der Waals surface area contributed by atoms with Gasteiger partial charge >= 0.3 is 5.97 Å². The van der Waals surface area contributed by atoms with Gasteiger partial charge in [-0.25, -0.2) is 8.42 Å². The summed E-state index contributed by atoms with van der Waals surface area (Å²) in [6.07, 6.45) is 0. The Balaban J connectivity index is 3.05. The molecule has 0 aromatic heterocycles. The molecule has 2 N–H and O–H groups in total. The minimum absolute atomic E-state index is 0.0433. The van der Waals surface area contributed by atoms with Crippen molar-refractivity contribution in [2.75, 3.05) is 19.0 Å². The van der Waals surface area contributed by atoms with Crippen LogP contribution in [0.4, 0.5) is 5.69 Å². The van der Waals surface area contributed by atoms with Crippen LogP contribution in [-0.4, -0.2) is 39.6 Å². The third-order valence-electron chi connectivity index (χ3n) is 2.35. The lowest BCUT2D eigenvalue weighted by Crippen LogP contribution is -2.38. The summed E-state index contributed by atoms with van der Waals surface area (Å²) in [5.41, 5.74) is 0.723. The average molecular weight is 272 g/mol. The number of sulfonamides is 1. The summed E-state index contributed by atoms with van der Waals surface area (Å²) in [5, 5.41) is 8.70. The van der Waals surface area contributed by atoms with Gasteiger partial charge in [-0.2, -0.15) is 4.72 Å². The highest BCUT2D eigenvalue weighted by Crippen LogP contribution is 2.17. The molecule has 18 heavy (non-hydrogen) atoms. The molecule has 0 bridgehead atoms. The topological polar surface area (TPSA) is 86.7 Å². The maximum absolute atomic E-state index is 11.9. The fraction of sp³-hybridized carbons (Fsp3) is 0.364. The van der Waals surface area contributed by atoms with Crippen molar-refractivity contribution in [2.24, 2.45) is 0 Å². The Morgan fingerprint density at radius 2 is 2.00 bits per heavy atom. The zero-order valence-corrected chi connectivity index (χ0v) is 11.2. The molecule has 1 rings (SSSR count). The van der Waals surface area contributed by atoms with Gasteiger partial charge in [-0.15, -0.1) is 0 Å². The maximum Gasteiger partial charge on any atom is 0.321 e. The first-order valence-corrected chi connectivity index (χ1v) is 6.75. The number of rotatable bonds is 5. The summed E-state index contributed by atoms with van der Waals surface area (Å²) in [7, 11) is -0.237. The smallest absolute Gasteiger partial charge is 0.321 e. The predicted molar refractivity (Wildman–Crippen MR) is 68.2 cm³/mol. The maximum atomic E-state index is 11.9. The number of aliphatic carboxylic acids is 1. The molecule has 1 atom stereocenters. The second kappa shape index (κ2) is 5.36. The number of carbonyl (C=O) groups is 1. The molecule has 6 nitrogen and oxygen atoms in total. The highest BCUT2D eigenvalue weighted by Gasteiger charge is 2.21. The second-order valence-electron chi connectivity index (χ2n) is 4.07. The second-order valence-corrected chi connectivity index (χ2v) is 5.79. The lowest BCUT2D eigenvalue weighted by atomic mass is 10.3. The number of hydrogen-bond donors (Lipinski definition) is 2. The van der Waals surface area contributed by atoms with E-state index in [0.29, 0.717) is 0 Å². The molecular weight excluding hydrogens is 256 g/mol. The molecule has 0 radical (unpaired) electrons. The number of hydrogen-bond acceptors (Lipinski definition) is 4. The van der Waals surface area contributed by atoms with Crippen LogP contribution in [0, 0.1) is 0 Å². The van der Waals surface area contributed by atoms with Gasteiger partial charge in [-0.05, 0) is 25.1 Å². The van der Waals surface area contributed by atoms with Crippen molar-refractivity contribution in [3.8, 4) is 0 Å². The van der Waals surface area contributed by atoms with Crippen LogP contribution in [-0.2, 0) is 14.8 Å². The van der Waals surface area contributed by atoms with Gasteiger partial charge in [0.2, 0.25) is 10.0 Å². The Hall–Kier alpha value is -1.60. The van der Waals surface area contributed by atoms with E-state index in [4.69, 9.17) is 5.11 Å². The molecule has 0 fully saturated rings. The van der Waals surface area contributed by atoms with E-state index in [1.54, 1.807) is 31.1 Å². The number of anilines is 1. The summed E-state index contributed by atoms with van der Waals surface area (Å²) in [6, 6.07) is 5.11. The summed E-state index contributed by atoms with van der Waals surface area (Å²) < 4.78 is 26.0. The normalized spacial score (nSPS) is 13.1. The monoisotopic (exact) mass is 272 g/mol. The van der Waals surface area contributed by atoms with Gasteiger partial charge in [0.25, 0.3) is 0 Å². The molecule has 1 aromatic rings. The van der Waals surface area contributed by atoms with Gasteiger partial charge in [0.05, 0.1) is 4.90 Å². The van der Waals surface area contributed by atoms with Crippen LogP contribution in [0.1, 0.15) is 6.92 Å². The van der Waals surface area contributed by atoms with E-state index in [-0.39, 0.29) is 4.90 Å². The summed E-state index contributed by atoms with van der Waals surface area (Å²) >= 11 is 0. The lowest BCUT2D eigenvalue weighted by Gasteiger charge is -2.15. The molecule has 0 heterocycles. The zero-order chi connectivity index (χ0) is 13.9. The number of nitrogens with one attached hydrogen (secondary N) is 1. The number of carboxylic acids is 1. The minimum atomic E-state index is -3.82. The number of carboxylic acid groups (broad SMARTS) is 1. The van der Waals surface area contributed by atoms with Crippen LogP contribution in [0.5, 0.6) is 0 Å². The molecule has 7 heteroatoms. The summed E-state index contributed by atoms with van der Waals surface area (Å²) in [4.78, 5) is 12.5. The van der Waals surface area contributed by atoms with Gasteiger partial charge in [0.1, 0.15) is 6.04 Å². The van der Waals surface area contributed by atoms with Crippen LogP contribution in [0.15, 0.2) is 29.2 Å². The lowest BCUT2D eigenvalue weighted by molar-refractivity contribution is -0.138. The van der Waals surface area contributed by atoms with Gasteiger partial charge in [-0.3, -0.25) is 4.79 Å². The van der Waals surface area contributed by atoms with E-state index in [1.807, 2.05) is 0 Å². The van der Waals surface area contributed by atoms with Crippen molar-refractivity contribution in [2.45, 2.75) is 17.9 Å². The molecule has 100 valence electrons. The third-order valence-corrected chi connectivity index (χ3v) is 3.89. The average Bonchev–Trinajstić information content (AvgIpc) is 2.28. The summed E-state index contributed by atoms with van der Waals surface area (Å²) in [6.45, 7) is 1.27. The fourth-order valence-electron chi connectivity index (χ4n) is 1.28. The van der Waals surface area contributed by atoms with Crippen LogP contribution in [0.25, 0.3) is 0 Å². The van der Waals surface area contributed by atoms with Gasteiger partial charge in [0.15, 0.2) is 0 Å². The largest absolute Gasteiger partial charge is 0.480 e. The van der Waals surface area contributed by atoms with Gasteiger partial charge in [0, 0.05) is 19.8 Å². The Morgan fingerprint density at radius 3 is 2.50 bits per heavy atom. The van der Waals surface area contributed by atoms with Crippen molar-refractivity contribution in [1.82, 2.24) is 4.72 Å². The first-order valence-electron chi connectivity index (χ1n) is 5.26. The van der Waals surface area contributed by atoms with Crippen LogP contribution < -0.4 is 9.62 Å². The van der Waals surface area contributed by atoms with E-state index in [9.17, 15) is 13.2 Å². The summed E-state index contributed by atoms with van der Waals surface area (Å²) in [5.74, 6) is -1.22. The number of benzene rings is 1. The van der Waals surface area contributed by atoms with E-state index >= 15 is 0 Å². The molecule has 0 aliphatic carbocycles. The SMILES string of the molecule is C[C@@H](NS(=O)(=O)c1cccc(N(C)C)c1)C(=O)O. The van der Waals surface area contributed by atoms with E-state index in [2.05, 4.69) is 4.72 Å². The molecule has 0 aliphatic heterocycles. The molecule has 0 spiro atoms. The van der Waals surface area contributed by atoms with Crippen molar-refractivity contribution in [1.29, 1.82) is 0 Å². The van der Waals surface area contributed by atoms with Gasteiger partial charge in [-0.1, -0.05) is 6.07 Å². The van der Waals surface area contributed by atoms with Crippen LogP contribution in [0.3, 0.4) is 0 Å². The first kappa shape index (κ1) is 14.5. The molecule has 0 saturated carbocycles. The van der Waals surface area contributed by atoms with Crippen LogP contribution >= 0.6 is 0 Å². The van der Waals surface area contributed by atoms with E-state index in [0.717, 1.165) is 5.69 Å². The first-order chi connectivity index (χ1) is 8.24. The molecular formula is C11H16N2O4S. The van der Waals surface area contributed by atoms with Crippen molar-refractivity contribution in [3.05, 3.63) is 24.3 Å². The highest BCUT2D eigenvalue weighted by molar-refractivity contribution is 7.89. The molecule has 0 amide bonds. The quantitative estimate of drug-likeness (QED) is 0.815. The minimum Gasteiger partial charge on any atom is -0.480 e. The van der Waals surface area contributed by atoms with Gasteiger partial charge < -0.3 is 10.0 Å². The molecule has 1 aromatic carbocycles. The third kappa shape index (κ3) is 3.44. The Bertz CT molecular complexity index is 540. The Kier molecular flexibility index (Phi) is 4.31. The van der Waals surface area contributed by atoms with E-state index < -0.39 is 22.0 Å². The molecule has 0 unspecified atom stereocenters. The van der Waals surface area contributed by atoms with Crippen molar-refractivity contribution >= 4 is 21.7 Å². The van der Waals surface area contributed by atoms with Crippen LogP contribution in [0.2, 0.25) is 0 Å². The van der Waals surface area contributed by atoms with Crippen molar-refractivity contribution in [3.63, 3.8) is 0 Å². The Labute approximate surface area is 106 Å². The molecule has 0 aliphatic rings. The highest BCUT2D eigenvalue weighted by atomic mass is 32.2.